The number of hydrogen-bond donors (Lipinski definition) is 3. The summed E-state index contributed by atoms with van der Waals surface area (Å²) >= 11 is 0. The average molecular weight is 547 g/mol. The minimum Gasteiger partial charge on any atom is -0.504 e. The Morgan fingerprint density at radius 3 is 2.77 bits per heavy atom. The Morgan fingerprint density at radius 1 is 1.30 bits per heavy atom. The Kier molecular flexibility index (Phi) is 6.61. The van der Waals surface area contributed by atoms with Crippen molar-refractivity contribution in [3.8, 4) is 34.8 Å². The quantitative estimate of drug-likeness (QED) is 0.216. The van der Waals surface area contributed by atoms with E-state index in [2.05, 4.69) is 34.2 Å². The number of methoxy groups -OCH3 is 1. The zero-order valence-corrected chi connectivity index (χ0v) is 23.2. The van der Waals surface area contributed by atoms with E-state index in [9.17, 15) is 15.2 Å². The van der Waals surface area contributed by atoms with Gasteiger partial charge < -0.3 is 34.7 Å². The highest BCUT2D eigenvalue weighted by atomic mass is 16.7. The maximum absolute atomic E-state index is 12.3. The van der Waals surface area contributed by atoms with Crippen molar-refractivity contribution in [3.05, 3.63) is 52.1 Å². The summed E-state index contributed by atoms with van der Waals surface area (Å²) in [6, 6.07) is 3.20. The van der Waals surface area contributed by atoms with Crippen molar-refractivity contribution in [2.45, 2.75) is 63.8 Å². The van der Waals surface area contributed by atoms with Gasteiger partial charge in [0.05, 0.1) is 25.3 Å². The first kappa shape index (κ1) is 26.4. The van der Waals surface area contributed by atoms with E-state index >= 15 is 0 Å². The Hall–Kier alpha value is -3.78. The van der Waals surface area contributed by atoms with Gasteiger partial charge in [-0.05, 0) is 37.8 Å². The van der Waals surface area contributed by atoms with Crippen molar-refractivity contribution in [2.24, 2.45) is 0 Å². The molecule has 2 bridgehead atoms. The molecule has 210 valence electrons. The van der Waals surface area contributed by atoms with Crippen molar-refractivity contribution in [2.75, 3.05) is 27.0 Å². The third-order valence-corrected chi connectivity index (χ3v) is 8.63. The van der Waals surface area contributed by atoms with E-state index in [4.69, 9.17) is 18.9 Å². The number of rotatable bonds is 6. The van der Waals surface area contributed by atoms with Crippen molar-refractivity contribution in [1.82, 2.24) is 15.5 Å². The first-order valence-corrected chi connectivity index (χ1v) is 13.6. The molecule has 6 rings (SSSR count). The second kappa shape index (κ2) is 10.0. The van der Waals surface area contributed by atoms with Gasteiger partial charge in [0.2, 0.25) is 6.79 Å². The second-order valence-electron chi connectivity index (χ2n) is 10.9. The minimum atomic E-state index is -0.459. The van der Waals surface area contributed by atoms with Crippen LogP contribution < -0.4 is 29.6 Å². The van der Waals surface area contributed by atoms with Crippen LogP contribution in [0, 0.1) is 25.2 Å². The highest BCUT2D eigenvalue weighted by molar-refractivity contribution is 5.74. The summed E-state index contributed by atoms with van der Waals surface area (Å²) in [6.45, 7) is 10.2. The van der Waals surface area contributed by atoms with E-state index in [-0.39, 0.29) is 36.7 Å². The predicted octanol–water partition coefficient (Wildman–Crippen LogP) is 2.88. The first-order chi connectivity index (χ1) is 19.3. The number of nitrogens with zero attached hydrogens (tertiary/aromatic N) is 2. The molecule has 3 N–H and O–H groups in total. The zero-order valence-electron chi connectivity index (χ0n) is 23.2. The number of phenolic OH excluding ortho intramolecular Hbond substituents is 1. The third-order valence-electron chi connectivity index (χ3n) is 8.63. The van der Waals surface area contributed by atoms with Gasteiger partial charge in [0, 0.05) is 54.4 Å². The molecule has 1 unspecified atom stereocenters. The SMILES string of the molecule is C=CCNC[C@H]1c2c(c(OC(C)=O)c(C)c3c2OCO3)CC2[C@@H]3N[C@H](Cc4cc(C)c(OC)c(O)c43)[C@H](C#N)N21. The van der Waals surface area contributed by atoms with E-state index in [0.717, 1.165) is 27.8 Å². The number of aromatic hydroxyl groups is 1. The normalized spacial score (nSPS) is 25.7. The van der Waals surface area contributed by atoms with Crippen molar-refractivity contribution in [3.63, 3.8) is 0 Å². The fraction of sp³-hybridized carbons (Fsp3) is 0.467. The van der Waals surface area contributed by atoms with Crippen LogP contribution in [0.4, 0.5) is 0 Å². The molecule has 10 heteroatoms. The topological polar surface area (TPSA) is 125 Å². The van der Waals surface area contributed by atoms with Gasteiger partial charge in [0.15, 0.2) is 23.0 Å². The number of carbonyl (C=O) groups excluding carboxylic acids is 1. The lowest BCUT2D eigenvalue weighted by Gasteiger charge is -2.56. The largest absolute Gasteiger partial charge is 0.504 e. The van der Waals surface area contributed by atoms with Crippen LogP contribution in [0.25, 0.3) is 0 Å². The molecule has 0 radical (unpaired) electrons. The highest BCUT2D eigenvalue weighted by Crippen LogP contribution is 2.56. The molecule has 40 heavy (non-hydrogen) atoms. The molecule has 4 aliphatic heterocycles. The van der Waals surface area contributed by atoms with Gasteiger partial charge in [-0.25, -0.2) is 0 Å². The van der Waals surface area contributed by atoms with Crippen LogP contribution in [0.15, 0.2) is 18.7 Å². The molecular weight excluding hydrogens is 512 g/mol. The summed E-state index contributed by atoms with van der Waals surface area (Å²) in [6.07, 6.45) is 2.85. The van der Waals surface area contributed by atoms with Gasteiger partial charge in [0.1, 0.15) is 11.8 Å². The van der Waals surface area contributed by atoms with E-state index in [1.165, 1.54) is 6.92 Å². The zero-order chi connectivity index (χ0) is 28.3. The maximum Gasteiger partial charge on any atom is 0.308 e. The van der Waals surface area contributed by atoms with Crippen LogP contribution in [0.1, 0.15) is 52.4 Å². The lowest BCUT2D eigenvalue weighted by molar-refractivity contribution is -0.132. The van der Waals surface area contributed by atoms with Crippen molar-refractivity contribution in [1.29, 1.82) is 5.26 Å². The van der Waals surface area contributed by atoms with Crippen LogP contribution >= 0.6 is 0 Å². The standard InChI is InChI=1S/C30H34N4O6/c1-6-7-32-12-22-24-18(28(40-16(4)35)15(3)29-30(24)39-13-38-29)10-20-25-23-17(8-14(2)27(37-5)26(23)36)9-19(33-25)21(11-31)34(20)22/h6,8,19-22,25,32-33,36H,1,7,9-10,12-13H2,2-5H3/t19-,20?,21+,22+,25+/m1/s1. The van der Waals surface area contributed by atoms with Crippen LogP contribution in [0.3, 0.4) is 0 Å². The van der Waals surface area contributed by atoms with Crippen LogP contribution in [0.5, 0.6) is 28.7 Å². The van der Waals surface area contributed by atoms with Gasteiger partial charge >= 0.3 is 5.97 Å². The summed E-state index contributed by atoms with van der Waals surface area (Å²) in [5, 5.41) is 29.1. The predicted molar refractivity (Wildman–Crippen MR) is 146 cm³/mol. The fourth-order valence-corrected chi connectivity index (χ4v) is 7.22. The number of ether oxygens (including phenoxy) is 4. The lowest BCUT2D eigenvalue weighted by Crippen LogP contribution is -2.68. The Labute approximate surface area is 233 Å². The summed E-state index contributed by atoms with van der Waals surface area (Å²) in [5.41, 5.74) is 5.08. The number of phenols is 1. The van der Waals surface area contributed by atoms with E-state index < -0.39 is 12.0 Å². The number of benzene rings is 2. The number of nitrogens with one attached hydrogen (secondary N) is 2. The number of esters is 1. The molecule has 0 saturated carbocycles. The summed E-state index contributed by atoms with van der Waals surface area (Å²) in [5.74, 6) is 1.82. The molecule has 2 aromatic carbocycles. The van der Waals surface area contributed by atoms with Gasteiger partial charge in [-0.3, -0.25) is 9.69 Å². The number of nitriles is 1. The summed E-state index contributed by atoms with van der Waals surface area (Å²) in [7, 11) is 1.56. The smallest absolute Gasteiger partial charge is 0.308 e. The summed E-state index contributed by atoms with van der Waals surface area (Å²) < 4.78 is 23.3. The maximum atomic E-state index is 12.3. The number of hydrogen-bond acceptors (Lipinski definition) is 10. The van der Waals surface area contributed by atoms with Crippen molar-refractivity contribution < 1.29 is 28.8 Å². The molecule has 0 spiro atoms. The first-order valence-electron chi connectivity index (χ1n) is 13.6. The molecule has 0 aromatic heterocycles. The van der Waals surface area contributed by atoms with Gasteiger partial charge in [-0.1, -0.05) is 12.1 Å². The second-order valence-corrected chi connectivity index (χ2v) is 10.9. The molecule has 4 heterocycles. The highest BCUT2D eigenvalue weighted by Gasteiger charge is 2.54. The summed E-state index contributed by atoms with van der Waals surface area (Å²) in [4.78, 5) is 14.5. The molecule has 0 amide bonds. The van der Waals surface area contributed by atoms with Crippen molar-refractivity contribution >= 4 is 5.97 Å². The molecule has 4 aliphatic rings. The van der Waals surface area contributed by atoms with Gasteiger partial charge in [0.25, 0.3) is 0 Å². The molecule has 2 aromatic rings. The number of fused-ring (bicyclic) bond motifs is 9. The van der Waals surface area contributed by atoms with E-state index in [1.54, 1.807) is 13.2 Å². The van der Waals surface area contributed by atoms with E-state index in [1.807, 2.05) is 13.8 Å². The molecule has 10 nitrogen and oxygen atoms in total. The fourth-order valence-electron chi connectivity index (χ4n) is 7.22. The Bertz CT molecular complexity index is 1450. The van der Waals surface area contributed by atoms with Crippen LogP contribution in [0.2, 0.25) is 0 Å². The Morgan fingerprint density at radius 2 is 2.08 bits per heavy atom. The molecule has 5 atom stereocenters. The molecule has 1 fully saturated rings. The average Bonchev–Trinajstić information content (AvgIpc) is 3.41. The van der Waals surface area contributed by atoms with Crippen LogP contribution in [-0.2, 0) is 17.6 Å². The number of piperazine rings is 1. The molecular formula is C30H34N4O6. The monoisotopic (exact) mass is 546 g/mol. The Balaban J connectivity index is 1.59. The van der Waals surface area contributed by atoms with Gasteiger partial charge in [-0.15, -0.1) is 6.58 Å². The van der Waals surface area contributed by atoms with Gasteiger partial charge in [-0.2, -0.15) is 5.26 Å². The molecule has 1 saturated heterocycles. The number of carbonyl (C=O) groups is 1. The molecule has 0 aliphatic carbocycles. The third kappa shape index (κ3) is 3.84. The number of aryl methyl sites for hydroxylation is 1. The van der Waals surface area contributed by atoms with E-state index in [0.29, 0.717) is 54.5 Å². The minimum absolute atomic E-state index is 0.0667. The lowest BCUT2D eigenvalue weighted by atomic mass is 9.72. The van der Waals surface area contributed by atoms with Crippen LogP contribution in [-0.4, -0.2) is 61.1 Å².